The molecular weight excluding hydrogens is 1770 g/mol. The van der Waals surface area contributed by atoms with Gasteiger partial charge in [-0.3, -0.25) is 29.2 Å². The Labute approximate surface area is 799 Å². The molecule has 2 unspecified atom stereocenters. The lowest BCUT2D eigenvalue weighted by Gasteiger charge is -2.37. The van der Waals surface area contributed by atoms with E-state index in [-0.39, 0.29) is 73.1 Å². The molecule has 18 rings (SSSR count). The van der Waals surface area contributed by atoms with E-state index in [9.17, 15) is 43.0 Å². The quantitative estimate of drug-likeness (QED) is 0.0234. The molecule has 7 aliphatic rings. The van der Waals surface area contributed by atoms with Crippen molar-refractivity contribution < 1.29 is 48.1 Å². The minimum atomic E-state index is -0.916. The minimum absolute atomic E-state index is 0. The molecule has 0 radical (unpaired) electrons. The number of hydrogen-bond donors (Lipinski definition) is 8. The number of aliphatic carboxylic acids is 1. The van der Waals surface area contributed by atoms with Gasteiger partial charge in [0.1, 0.15) is 58.3 Å². The number of benzene rings is 10. The van der Waals surface area contributed by atoms with Crippen LogP contribution in [0.4, 0.5) is 42.9 Å². The number of aromatic carboxylic acids is 1. The van der Waals surface area contributed by atoms with Gasteiger partial charge >= 0.3 is 11.9 Å². The molecule has 3 amide bonds. The van der Waals surface area contributed by atoms with Gasteiger partial charge in [0.2, 0.25) is 11.8 Å². The van der Waals surface area contributed by atoms with Crippen LogP contribution in [-0.4, -0.2) is 126 Å². The van der Waals surface area contributed by atoms with Crippen molar-refractivity contribution in [2.75, 3.05) is 35.2 Å². The number of carboxylic acids is 2. The Morgan fingerprint density at radius 3 is 1.88 bits per heavy atom. The van der Waals surface area contributed by atoms with Gasteiger partial charge in [0, 0.05) is 114 Å². The third-order valence-electron chi connectivity index (χ3n) is 24.0. The second-order valence-electron chi connectivity index (χ2n) is 34.2. The van der Waals surface area contributed by atoms with Crippen LogP contribution in [0.1, 0.15) is 240 Å². The molecule has 11 aromatic rings. The number of halogens is 3. The number of fused-ring (bicyclic) bond motifs is 6. The van der Waals surface area contributed by atoms with Gasteiger partial charge in [0.05, 0.1) is 54.0 Å². The molecule has 1 aromatic heterocycles. The predicted octanol–water partition coefficient (Wildman–Crippen LogP) is 23.6. The van der Waals surface area contributed by atoms with Crippen molar-refractivity contribution in [2.45, 2.75) is 220 Å². The van der Waals surface area contributed by atoms with Crippen molar-refractivity contribution in [3.63, 3.8) is 0 Å². The fraction of sp³-hybridized carbons (Fsp3) is 0.339. The maximum absolute atomic E-state index is 13.6. The summed E-state index contributed by atoms with van der Waals surface area (Å²) in [5.74, 6) is 1.53. The van der Waals surface area contributed by atoms with E-state index in [0.717, 1.165) is 214 Å². The zero-order valence-electron chi connectivity index (χ0n) is 76.7. The monoisotopic (exact) mass is 1890 g/mol. The Morgan fingerprint density at radius 2 is 1.19 bits per heavy atom. The van der Waals surface area contributed by atoms with Crippen LogP contribution in [0.25, 0.3) is 10.9 Å². The van der Waals surface area contributed by atoms with Crippen molar-refractivity contribution >= 4 is 120 Å². The van der Waals surface area contributed by atoms with Gasteiger partial charge in [-0.1, -0.05) is 236 Å². The van der Waals surface area contributed by atoms with Gasteiger partial charge in [-0.2, -0.15) is 0 Å². The zero-order valence-corrected chi connectivity index (χ0v) is 78.3. The Kier molecular flexibility index (Phi) is 37.9. The van der Waals surface area contributed by atoms with Crippen molar-refractivity contribution in [3.8, 4) is 5.75 Å². The number of para-hydroxylation sites is 2. The number of aryl methyl sites for hydroxylation is 2. The van der Waals surface area contributed by atoms with Gasteiger partial charge in [0.25, 0.3) is 5.91 Å². The van der Waals surface area contributed by atoms with E-state index in [0.29, 0.717) is 47.4 Å². The van der Waals surface area contributed by atoms with Gasteiger partial charge in [-0.05, 0) is 183 Å². The van der Waals surface area contributed by atoms with Crippen molar-refractivity contribution in [2.24, 2.45) is 25.0 Å². The Morgan fingerprint density at radius 1 is 0.533 bits per heavy atom. The molecule has 26 heteroatoms. The molecule has 135 heavy (non-hydrogen) atoms. The average molecular weight is 1890 g/mol. The summed E-state index contributed by atoms with van der Waals surface area (Å²) in [5.41, 5.74) is 15.3. The number of phenols is 1. The summed E-state index contributed by atoms with van der Waals surface area (Å²) in [6.45, 7) is 12.3. The van der Waals surface area contributed by atoms with Crippen LogP contribution in [0.15, 0.2) is 266 Å². The van der Waals surface area contributed by atoms with Crippen molar-refractivity contribution in [1.82, 2.24) is 35.7 Å². The highest BCUT2D eigenvalue weighted by Gasteiger charge is 2.36. The first-order valence-electron chi connectivity index (χ1n) is 47.0. The van der Waals surface area contributed by atoms with Crippen LogP contribution in [0.2, 0.25) is 0 Å². The normalized spacial score (nSPS) is 15.5. The number of anilines is 3. The standard InChI is InChI=1S/C25H24N2O2.C19H26BrN3O3.C18H24FN3O.C18H22FN3O.C14H12N2O.C14H12N2.CH4/c28-25(29)21-12-13-22-18-27(16-15-20-9-5-2-6-10-20)24(26-23(22)17-21)14-11-19-7-3-1-4-8-19;1-3-5-10-21-19(26)18-14-12-13(20)7-8-15(14)22-16(6-4-2)23(18)11-9-17(24)25;2*1-2-6-16-21-15-10-9-12(19)11-14(15)17(22-16)18(23)20-13-7-4-3-5-8-13;17-13-6-3-5-12(8-13)16-9-11-4-1-2-7-14(11)15-10-16;1-2-6-11(7-3-1)14-15-10-12-8-4-5-9-13(12)16-14;/h1-10,12-13,17H,11,14-16,18H2,(H,28,29);7-8,12,18H,3-6,9-11H2,1-2H3,(H,21,26)(H,24,25);9-11,13,17H,2-8H2,1H3,(H,20,23)(H,21,22);9-11,13H,2-8H2,1H3,(H,20,23);1-8,10,17H,9H2;1-9H,10H2,(H,15,16);1H4. The summed E-state index contributed by atoms with van der Waals surface area (Å²) in [6.07, 6.45) is 22.4. The third kappa shape index (κ3) is 29.0. The van der Waals surface area contributed by atoms with Crippen LogP contribution in [0, 0.1) is 11.6 Å². The molecule has 0 bridgehead atoms. The highest BCUT2D eigenvalue weighted by molar-refractivity contribution is 9.10. The Balaban J connectivity index is 0.000000147. The molecule has 8 N–H and O–H groups in total. The summed E-state index contributed by atoms with van der Waals surface area (Å²) >= 11 is 3.47. The fourth-order valence-corrected chi connectivity index (χ4v) is 17.4. The molecule has 2 fully saturated rings. The molecular formula is C109H124BrF2N15O8. The number of nitrogens with zero attached hydrogens (tertiary/aromatic N) is 10. The number of hydrogen-bond acceptors (Lipinski definition) is 18. The van der Waals surface area contributed by atoms with Crippen LogP contribution < -0.4 is 31.5 Å². The smallest absolute Gasteiger partial charge is 0.335 e. The molecule has 2 atom stereocenters. The Bertz CT molecular complexity index is 5990. The predicted molar refractivity (Wildman–Crippen MR) is 542 cm³/mol. The van der Waals surface area contributed by atoms with Gasteiger partial charge in [-0.25, -0.2) is 38.5 Å². The minimum Gasteiger partial charge on any atom is -0.508 e. The fourth-order valence-electron chi connectivity index (χ4n) is 17.1. The van der Waals surface area contributed by atoms with E-state index in [2.05, 4.69) is 165 Å². The molecule has 2 aliphatic carbocycles. The molecule has 704 valence electrons. The van der Waals surface area contributed by atoms with E-state index < -0.39 is 24.0 Å². The summed E-state index contributed by atoms with van der Waals surface area (Å²) in [6, 6.07) is 73.7. The van der Waals surface area contributed by atoms with E-state index in [1.54, 1.807) is 42.7 Å². The summed E-state index contributed by atoms with van der Waals surface area (Å²) in [4.78, 5) is 99.0. The van der Waals surface area contributed by atoms with Crippen molar-refractivity contribution in [3.05, 3.63) is 314 Å². The number of carbonyl (C=O) groups is 5. The molecule has 0 saturated heterocycles. The SMILES string of the molecule is C.CCCC1=NC(C(=O)NC2CCCCC2)c2cc(F)ccc2N1.CCCCNC(=O)C1c2cc(Br)ccc2N=C(CCC)N1CCC(=O)O.CCCc1nc(C(=O)NC2CCCCC2)c2cc(F)ccc2n1.O=C(O)c1ccc2c(c1)N=C(CCc1ccccc1)N(CCc1ccccc1)C2.Oc1cccc(N2C=Nc3ccccc3C2)c1.c1ccc(C2=NCc3ccccc3N2)cc1. The number of aromatic nitrogens is 2. The van der Waals surface area contributed by atoms with E-state index in [1.807, 2.05) is 121 Å². The average Bonchev–Trinajstić information content (AvgIpc) is 0.768. The number of unbranched alkanes of at least 4 members (excludes halogenated alkanes) is 1. The maximum atomic E-state index is 13.6. The number of amides is 3. The lowest BCUT2D eigenvalue weighted by atomic mass is 9.94. The zero-order chi connectivity index (χ0) is 94.1. The van der Waals surface area contributed by atoms with Crippen molar-refractivity contribution in [1.29, 1.82) is 0 Å². The van der Waals surface area contributed by atoms with Crippen LogP contribution in [0.5, 0.6) is 5.75 Å². The molecule has 2 saturated carbocycles. The van der Waals surface area contributed by atoms with Gasteiger partial charge in [0.15, 0.2) is 6.04 Å². The highest BCUT2D eigenvalue weighted by atomic mass is 79.9. The van der Waals surface area contributed by atoms with Gasteiger partial charge < -0.3 is 56.6 Å². The number of carboxylic acid groups (broad SMARTS) is 2. The van der Waals surface area contributed by atoms with E-state index in [1.165, 1.54) is 59.4 Å². The summed E-state index contributed by atoms with van der Waals surface area (Å²) in [5, 5.41) is 44.1. The first-order chi connectivity index (χ1) is 65.3. The molecule has 5 aliphatic heterocycles. The molecule has 0 spiro atoms. The van der Waals surface area contributed by atoms with Gasteiger partial charge in [-0.15, -0.1) is 0 Å². The number of nitrogens with one attached hydrogen (secondary N) is 5. The molecule has 10 aromatic carbocycles. The highest BCUT2D eigenvalue weighted by Crippen LogP contribution is 2.40. The van der Waals surface area contributed by atoms with E-state index in [4.69, 9.17) is 15.1 Å². The number of amidine groups is 4. The largest absolute Gasteiger partial charge is 0.508 e. The second kappa shape index (κ2) is 51.0. The Hall–Kier alpha value is -13.6. The third-order valence-corrected chi connectivity index (χ3v) is 24.5. The summed E-state index contributed by atoms with van der Waals surface area (Å²) < 4.78 is 28.1. The summed E-state index contributed by atoms with van der Waals surface area (Å²) in [7, 11) is 0. The topological polar surface area (TPSA) is 303 Å². The van der Waals surface area contributed by atoms with E-state index >= 15 is 0 Å². The molecule has 6 heterocycles. The number of aliphatic imine (C=N–C) groups is 5. The molecule has 23 nitrogen and oxygen atoms in total. The maximum Gasteiger partial charge on any atom is 0.335 e. The van der Waals surface area contributed by atoms with Crippen LogP contribution in [-0.2, 0) is 53.3 Å². The first-order valence-corrected chi connectivity index (χ1v) is 47.8. The lowest BCUT2D eigenvalue weighted by Crippen LogP contribution is -2.46. The number of carbonyl (C=O) groups excluding carboxylic acids is 3. The number of phenolic OH excluding ortho intramolecular Hbond substituents is 1. The van der Waals surface area contributed by atoms with Crippen LogP contribution in [0.3, 0.4) is 0 Å². The second-order valence-corrected chi connectivity index (χ2v) is 35.1. The first kappa shape index (κ1) is 100. The number of rotatable bonds is 26. The lowest BCUT2D eigenvalue weighted by molar-refractivity contribution is -0.138. The number of aromatic hydroxyl groups is 1. The van der Waals surface area contributed by atoms with Crippen LogP contribution >= 0.6 is 15.9 Å².